The molecule has 1 aliphatic rings. The number of ether oxygens (including phenoxy) is 2. The Balaban J connectivity index is 0.000000397. The summed E-state index contributed by atoms with van der Waals surface area (Å²) in [6, 6.07) is 15.9. The Morgan fingerprint density at radius 1 is 1.00 bits per heavy atom. The van der Waals surface area contributed by atoms with E-state index in [0.29, 0.717) is 6.54 Å². The van der Waals surface area contributed by atoms with Crippen LogP contribution in [0.3, 0.4) is 0 Å². The summed E-state index contributed by atoms with van der Waals surface area (Å²) in [5.74, 6) is 1.66. The Bertz CT molecular complexity index is 814. The average molecular weight is 429 g/mol. The highest BCUT2D eigenvalue weighted by Gasteiger charge is 2.19. The molecule has 7 heteroatoms. The first-order chi connectivity index (χ1) is 15.0. The third-order valence-electron chi connectivity index (χ3n) is 4.82. The van der Waals surface area contributed by atoms with Crippen LogP contribution in [0.5, 0.6) is 11.5 Å². The molecule has 0 bridgehead atoms. The lowest BCUT2D eigenvalue weighted by atomic mass is 10.1. The maximum absolute atomic E-state index is 12.3. The number of methoxy groups -OCH3 is 2. The van der Waals surface area contributed by atoms with E-state index in [9.17, 15) is 4.79 Å². The first-order valence-corrected chi connectivity index (χ1v) is 10.2. The van der Waals surface area contributed by atoms with Crippen LogP contribution in [-0.2, 0) is 14.4 Å². The van der Waals surface area contributed by atoms with Gasteiger partial charge in [-0.25, -0.2) is 0 Å². The van der Waals surface area contributed by atoms with Crippen molar-refractivity contribution in [3.8, 4) is 11.5 Å². The molecule has 1 saturated heterocycles. The normalized spacial score (nSPS) is 12.2. The highest BCUT2D eigenvalue weighted by atomic mass is 16.5. The van der Waals surface area contributed by atoms with E-state index in [0.717, 1.165) is 43.1 Å². The molecule has 0 atom stereocenters. The van der Waals surface area contributed by atoms with Crippen LogP contribution in [0.2, 0.25) is 0 Å². The van der Waals surface area contributed by atoms with Gasteiger partial charge >= 0.3 is 6.15 Å². The minimum absolute atomic E-state index is 0.169. The van der Waals surface area contributed by atoms with Crippen LogP contribution in [0.25, 0.3) is 0 Å². The van der Waals surface area contributed by atoms with Crippen LogP contribution in [0.15, 0.2) is 48.5 Å². The van der Waals surface area contributed by atoms with Gasteiger partial charge in [-0.05, 0) is 38.3 Å². The van der Waals surface area contributed by atoms with Crippen LogP contribution in [-0.4, -0.2) is 57.9 Å². The zero-order valence-corrected chi connectivity index (χ0v) is 18.8. The number of hydrogen-bond acceptors (Lipinski definition) is 6. The Morgan fingerprint density at radius 2 is 1.61 bits per heavy atom. The quantitative estimate of drug-likeness (QED) is 0.725. The van der Waals surface area contributed by atoms with Gasteiger partial charge in [0.05, 0.1) is 26.5 Å². The summed E-state index contributed by atoms with van der Waals surface area (Å²) in [4.78, 5) is 32.5. The molecular formula is C24H32N2O5. The summed E-state index contributed by atoms with van der Waals surface area (Å²) in [6.45, 7) is 4.19. The number of anilines is 1. The minimum Gasteiger partial charge on any atom is -0.497 e. The number of carbonyl (C=O) groups excluding carboxylic acids is 3. The van der Waals surface area contributed by atoms with Crippen molar-refractivity contribution >= 4 is 17.7 Å². The highest BCUT2D eigenvalue weighted by molar-refractivity contribution is 5.82. The van der Waals surface area contributed by atoms with E-state index in [4.69, 9.17) is 19.1 Å². The number of benzene rings is 2. The summed E-state index contributed by atoms with van der Waals surface area (Å²) < 4.78 is 10.6. The number of rotatable bonds is 5. The molecule has 0 unspecified atom stereocenters. The summed E-state index contributed by atoms with van der Waals surface area (Å²) in [7, 11) is 5.16. The maximum atomic E-state index is 12.3. The summed E-state index contributed by atoms with van der Waals surface area (Å²) in [5.41, 5.74) is 2.18. The van der Waals surface area contributed by atoms with E-state index in [1.165, 1.54) is 12.0 Å². The zero-order valence-electron chi connectivity index (χ0n) is 18.8. The molecule has 3 rings (SSSR count). The van der Waals surface area contributed by atoms with Crippen LogP contribution in [0, 0.1) is 6.92 Å². The van der Waals surface area contributed by atoms with E-state index in [1.807, 2.05) is 53.2 Å². The lowest BCUT2D eigenvalue weighted by molar-refractivity contribution is -0.191. The maximum Gasteiger partial charge on any atom is 0.373 e. The van der Waals surface area contributed by atoms with Gasteiger partial charge in [-0.15, -0.1) is 0 Å². The number of likely N-dealkylation sites (N-methyl/N-ethyl adjacent to an activating group) is 1. The predicted molar refractivity (Wildman–Crippen MR) is 119 cm³/mol. The van der Waals surface area contributed by atoms with E-state index in [2.05, 4.69) is 19.1 Å². The van der Waals surface area contributed by atoms with Gasteiger partial charge in [0.15, 0.2) is 0 Å². The molecule has 1 aliphatic heterocycles. The van der Waals surface area contributed by atoms with E-state index >= 15 is 0 Å². The van der Waals surface area contributed by atoms with Gasteiger partial charge in [0, 0.05) is 26.2 Å². The Morgan fingerprint density at radius 3 is 2.10 bits per heavy atom. The van der Waals surface area contributed by atoms with E-state index < -0.39 is 0 Å². The number of carbonyl (C=O) groups is 1. The molecule has 1 amide bonds. The van der Waals surface area contributed by atoms with Crippen molar-refractivity contribution in [3.63, 3.8) is 0 Å². The molecule has 0 radical (unpaired) electrons. The first-order valence-electron chi connectivity index (χ1n) is 10.2. The summed E-state index contributed by atoms with van der Waals surface area (Å²) in [5, 5.41) is 0. The number of nitrogens with zero attached hydrogens (tertiary/aromatic N) is 2. The summed E-state index contributed by atoms with van der Waals surface area (Å²) in [6.07, 6.45) is 3.69. The van der Waals surface area contributed by atoms with Gasteiger partial charge in [0.2, 0.25) is 5.91 Å². The molecule has 2 aromatic carbocycles. The largest absolute Gasteiger partial charge is 0.497 e. The second kappa shape index (κ2) is 14.6. The van der Waals surface area contributed by atoms with Crippen molar-refractivity contribution in [2.75, 3.05) is 45.8 Å². The SMILES string of the molecule is COc1ccc(OC)c(N(C)CC(=O)N2CCCCC2)c1.Cc1ccccc1.O=C=O. The van der Waals surface area contributed by atoms with Gasteiger partial charge in [0.1, 0.15) is 11.5 Å². The van der Waals surface area contributed by atoms with Crippen LogP contribution < -0.4 is 14.4 Å². The molecule has 0 aromatic heterocycles. The lowest BCUT2D eigenvalue weighted by Gasteiger charge is -2.29. The van der Waals surface area contributed by atoms with Crippen molar-refractivity contribution in [1.82, 2.24) is 4.90 Å². The number of piperidine rings is 1. The lowest BCUT2D eigenvalue weighted by Crippen LogP contribution is -2.41. The third-order valence-corrected chi connectivity index (χ3v) is 4.82. The number of likely N-dealkylation sites (tertiary alicyclic amines) is 1. The Hall–Kier alpha value is -3.31. The topological polar surface area (TPSA) is 76.2 Å². The van der Waals surface area contributed by atoms with Crippen LogP contribution in [0.1, 0.15) is 24.8 Å². The molecule has 0 N–H and O–H groups in total. The van der Waals surface area contributed by atoms with Gasteiger partial charge in [-0.3, -0.25) is 4.79 Å². The van der Waals surface area contributed by atoms with Gasteiger partial charge in [-0.1, -0.05) is 35.9 Å². The zero-order chi connectivity index (χ0) is 23.1. The second-order valence-electron chi connectivity index (χ2n) is 7.07. The smallest absolute Gasteiger partial charge is 0.373 e. The molecule has 31 heavy (non-hydrogen) atoms. The third kappa shape index (κ3) is 9.36. The molecule has 1 fully saturated rings. The second-order valence-corrected chi connectivity index (χ2v) is 7.07. The van der Waals surface area contributed by atoms with Crippen molar-refractivity contribution in [2.24, 2.45) is 0 Å². The number of hydrogen-bond donors (Lipinski definition) is 0. The fourth-order valence-electron chi connectivity index (χ4n) is 3.16. The molecule has 1 heterocycles. The predicted octanol–water partition coefficient (Wildman–Crippen LogP) is 3.56. The molecule has 0 aliphatic carbocycles. The summed E-state index contributed by atoms with van der Waals surface area (Å²) >= 11 is 0. The van der Waals surface area contributed by atoms with Gasteiger partial charge in [0.25, 0.3) is 0 Å². The van der Waals surface area contributed by atoms with Crippen LogP contribution >= 0.6 is 0 Å². The highest BCUT2D eigenvalue weighted by Crippen LogP contribution is 2.31. The van der Waals surface area contributed by atoms with Crippen molar-refractivity contribution < 1.29 is 23.9 Å². The number of amides is 1. The fourth-order valence-corrected chi connectivity index (χ4v) is 3.16. The molecule has 168 valence electrons. The first kappa shape index (κ1) is 25.7. The number of aryl methyl sites for hydroxylation is 1. The fraction of sp³-hybridized carbons (Fsp3) is 0.417. The van der Waals surface area contributed by atoms with E-state index in [1.54, 1.807) is 14.2 Å². The Kier molecular flexibility index (Phi) is 12.1. The molecule has 0 saturated carbocycles. The molecular weight excluding hydrogens is 396 g/mol. The standard InChI is InChI=1S/C16H24N2O3.C7H8.CO2/c1-17(12-16(19)18-9-5-4-6-10-18)14-11-13(20-2)7-8-15(14)21-3;1-7-5-3-2-4-6-7;2-1-3/h7-8,11H,4-6,9-10,12H2,1-3H3;2-6H,1H3;. The Labute approximate surface area is 184 Å². The average Bonchev–Trinajstić information content (AvgIpc) is 2.80. The van der Waals surface area contributed by atoms with E-state index in [-0.39, 0.29) is 12.1 Å². The van der Waals surface area contributed by atoms with Crippen molar-refractivity contribution in [3.05, 3.63) is 54.1 Å². The minimum atomic E-state index is 0.169. The van der Waals surface area contributed by atoms with Crippen molar-refractivity contribution in [2.45, 2.75) is 26.2 Å². The van der Waals surface area contributed by atoms with Gasteiger partial charge in [-0.2, -0.15) is 9.59 Å². The molecule has 2 aromatic rings. The van der Waals surface area contributed by atoms with Crippen molar-refractivity contribution in [1.29, 1.82) is 0 Å². The van der Waals surface area contributed by atoms with Crippen LogP contribution in [0.4, 0.5) is 5.69 Å². The monoisotopic (exact) mass is 428 g/mol. The molecule has 0 spiro atoms. The molecule has 7 nitrogen and oxygen atoms in total. The van der Waals surface area contributed by atoms with Gasteiger partial charge < -0.3 is 19.3 Å².